The lowest BCUT2D eigenvalue weighted by Gasteiger charge is -1.88. The summed E-state index contributed by atoms with van der Waals surface area (Å²) in [5, 5.41) is 2.76. The molecule has 1 N–H and O–H groups in total. The Kier molecular flexibility index (Phi) is 0.708. The number of ether oxygens (including phenoxy) is 1. The van der Waals surface area contributed by atoms with Gasteiger partial charge < -0.3 is 10.1 Å². The van der Waals surface area contributed by atoms with Crippen molar-refractivity contribution in [3.8, 4) is 0 Å². The zero-order valence-corrected chi connectivity index (χ0v) is 3.62. The molecule has 0 aliphatic carbocycles. The number of allylic oxidation sites excluding steroid dienone is 1. The molecular formula is C4H6NO. The monoisotopic (exact) mass is 84.0 g/mol. The molecule has 0 aromatic heterocycles. The lowest BCUT2D eigenvalue weighted by atomic mass is 10.6. The highest BCUT2D eigenvalue weighted by molar-refractivity contribution is 4.82. The van der Waals surface area contributed by atoms with E-state index in [1.165, 1.54) is 0 Å². The van der Waals surface area contributed by atoms with Gasteiger partial charge in [-0.15, -0.1) is 0 Å². The Morgan fingerprint density at radius 2 is 2.83 bits per heavy atom. The summed E-state index contributed by atoms with van der Waals surface area (Å²) in [7, 11) is 0. The van der Waals surface area contributed by atoms with Gasteiger partial charge in [-0.05, 0) is 6.92 Å². The Balaban J connectivity index is 2.45. The van der Waals surface area contributed by atoms with Gasteiger partial charge in [-0.3, -0.25) is 0 Å². The topological polar surface area (TPSA) is 21.3 Å². The van der Waals surface area contributed by atoms with Gasteiger partial charge in [-0.25, -0.2) is 0 Å². The second-order valence-electron chi connectivity index (χ2n) is 1.15. The first kappa shape index (κ1) is 3.53. The van der Waals surface area contributed by atoms with Gasteiger partial charge in [0.15, 0.2) is 6.73 Å². The summed E-state index contributed by atoms with van der Waals surface area (Å²) >= 11 is 0. The van der Waals surface area contributed by atoms with E-state index in [-0.39, 0.29) is 0 Å². The molecule has 0 atom stereocenters. The van der Waals surface area contributed by atoms with Crippen LogP contribution in [0.25, 0.3) is 0 Å². The molecule has 1 aliphatic rings. The predicted octanol–water partition coefficient (Wildman–Crippen LogP) is 0.228. The van der Waals surface area contributed by atoms with Crippen molar-refractivity contribution in [2.45, 2.75) is 6.92 Å². The molecule has 0 saturated carbocycles. The largest absolute Gasteiger partial charge is 0.476 e. The van der Waals surface area contributed by atoms with Crippen LogP contribution in [0, 0.1) is 6.20 Å². The molecule has 0 bridgehead atoms. The minimum Gasteiger partial charge on any atom is -0.476 e. The van der Waals surface area contributed by atoms with Crippen molar-refractivity contribution in [1.82, 2.24) is 5.32 Å². The molecule has 1 heterocycles. The third kappa shape index (κ3) is 0.455. The molecule has 33 valence electrons. The van der Waals surface area contributed by atoms with E-state index in [1.807, 2.05) is 6.92 Å². The van der Waals surface area contributed by atoms with Crippen LogP contribution in [-0.4, -0.2) is 6.73 Å². The van der Waals surface area contributed by atoms with E-state index in [1.54, 1.807) is 0 Å². The highest BCUT2D eigenvalue weighted by Crippen LogP contribution is 1.94. The fourth-order valence-electron chi connectivity index (χ4n) is 0.341. The van der Waals surface area contributed by atoms with Gasteiger partial charge in [0.05, 0.1) is 0 Å². The summed E-state index contributed by atoms with van der Waals surface area (Å²) in [6, 6.07) is 0. The smallest absolute Gasteiger partial charge is 0.158 e. The summed E-state index contributed by atoms with van der Waals surface area (Å²) in [6.45, 7) is 2.45. The number of hydrogen-bond acceptors (Lipinski definition) is 2. The van der Waals surface area contributed by atoms with Crippen LogP contribution in [0.2, 0.25) is 0 Å². The summed E-state index contributed by atoms with van der Waals surface area (Å²) in [5.74, 6) is 0.843. The molecule has 1 rings (SSSR count). The fourth-order valence-corrected chi connectivity index (χ4v) is 0.341. The third-order valence-electron chi connectivity index (χ3n) is 0.625. The highest BCUT2D eigenvalue weighted by atomic mass is 16.5. The second kappa shape index (κ2) is 1.20. The van der Waals surface area contributed by atoms with Crippen LogP contribution < -0.4 is 5.32 Å². The Morgan fingerprint density at radius 1 is 2.00 bits per heavy atom. The Labute approximate surface area is 36.8 Å². The molecule has 0 saturated heterocycles. The molecule has 0 aromatic rings. The Hall–Kier alpha value is -0.660. The van der Waals surface area contributed by atoms with E-state index in [0.29, 0.717) is 6.73 Å². The van der Waals surface area contributed by atoms with Gasteiger partial charge in [-0.2, -0.15) is 0 Å². The maximum absolute atomic E-state index is 4.85. The molecule has 0 amide bonds. The van der Waals surface area contributed by atoms with Crippen molar-refractivity contribution >= 4 is 0 Å². The van der Waals surface area contributed by atoms with Crippen molar-refractivity contribution in [2.24, 2.45) is 0 Å². The van der Waals surface area contributed by atoms with Gasteiger partial charge in [0.1, 0.15) is 12.0 Å². The molecule has 0 unspecified atom stereocenters. The van der Waals surface area contributed by atoms with Crippen molar-refractivity contribution in [3.63, 3.8) is 0 Å². The molecule has 2 heteroatoms. The zero-order chi connectivity index (χ0) is 4.41. The van der Waals surface area contributed by atoms with Crippen LogP contribution in [0.4, 0.5) is 0 Å². The molecule has 2 nitrogen and oxygen atoms in total. The molecule has 6 heavy (non-hydrogen) atoms. The first-order valence-electron chi connectivity index (χ1n) is 1.85. The average molecular weight is 84.1 g/mol. The number of hydrogen-bond donors (Lipinski definition) is 1. The third-order valence-corrected chi connectivity index (χ3v) is 0.625. The van der Waals surface area contributed by atoms with Crippen LogP contribution >= 0.6 is 0 Å². The van der Waals surface area contributed by atoms with E-state index in [4.69, 9.17) is 4.74 Å². The van der Waals surface area contributed by atoms with E-state index in [9.17, 15) is 0 Å². The van der Waals surface area contributed by atoms with E-state index in [0.717, 1.165) is 5.76 Å². The van der Waals surface area contributed by atoms with Gasteiger partial charge in [-0.1, -0.05) is 0 Å². The van der Waals surface area contributed by atoms with Crippen molar-refractivity contribution in [1.29, 1.82) is 0 Å². The minimum atomic E-state index is 0.589. The predicted molar refractivity (Wildman–Crippen MR) is 21.5 cm³/mol. The van der Waals surface area contributed by atoms with Gasteiger partial charge in [0, 0.05) is 0 Å². The van der Waals surface area contributed by atoms with Crippen molar-refractivity contribution in [2.75, 3.05) is 6.73 Å². The van der Waals surface area contributed by atoms with Gasteiger partial charge in [0.25, 0.3) is 0 Å². The summed E-state index contributed by atoms with van der Waals surface area (Å²) in [6.07, 6.45) is 2.76. The maximum atomic E-state index is 4.85. The van der Waals surface area contributed by atoms with Crippen LogP contribution in [-0.2, 0) is 4.74 Å². The van der Waals surface area contributed by atoms with Crippen LogP contribution in [0.1, 0.15) is 6.92 Å². The van der Waals surface area contributed by atoms with E-state index >= 15 is 0 Å². The summed E-state index contributed by atoms with van der Waals surface area (Å²) in [4.78, 5) is 0. The number of rotatable bonds is 0. The van der Waals surface area contributed by atoms with Crippen LogP contribution in [0.5, 0.6) is 0 Å². The average Bonchev–Trinajstić information content (AvgIpc) is 1.86. The van der Waals surface area contributed by atoms with E-state index in [2.05, 4.69) is 11.5 Å². The standard InChI is InChI=1S/C4H6NO/c1-4-2-5-3-6-4/h5H,3H2,1H3. The summed E-state index contributed by atoms with van der Waals surface area (Å²) < 4.78 is 4.85. The molecule has 0 aromatic carbocycles. The molecule has 1 aliphatic heterocycles. The lowest BCUT2D eigenvalue weighted by molar-refractivity contribution is 0.234. The summed E-state index contributed by atoms with van der Waals surface area (Å²) in [5.41, 5.74) is 0. The van der Waals surface area contributed by atoms with Crippen LogP contribution in [0.15, 0.2) is 5.76 Å². The lowest BCUT2D eigenvalue weighted by Crippen LogP contribution is -1.99. The maximum Gasteiger partial charge on any atom is 0.158 e. The highest BCUT2D eigenvalue weighted by Gasteiger charge is 1.93. The first-order valence-corrected chi connectivity index (χ1v) is 1.85. The fraction of sp³-hybridized carbons (Fsp3) is 0.500. The van der Waals surface area contributed by atoms with Gasteiger partial charge >= 0.3 is 0 Å². The SMILES string of the molecule is CC1=[C]NCO1. The zero-order valence-electron chi connectivity index (χ0n) is 3.62. The van der Waals surface area contributed by atoms with Crippen molar-refractivity contribution < 1.29 is 4.74 Å². The minimum absolute atomic E-state index is 0.589. The molecular weight excluding hydrogens is 78.0 g/mol. The first-order chi connectivity index (χ1) is 2.89. The quantitative estimate of drug-likeness (QED) is 0.453. The van der Waals surface area contributed by atoms with Crippen molar-refractivity contribution in [3.05, 3.63) is 12.0 Å². The second-order valence-corrected chi connectivity index (χ2v) is 1.15. The number of nitrogens with one attached hydrogen (secondary N) is 1. The van der Waals surface area contributed by atoms with Gasteiger partial charge in [0.2, 0.25) is 0 Å². The van der Waals surface area contributed by atoms with Crippen LogP contribution in [0.3, 0.4) is 0 Å². The molecule has 0 fully saturated rings. The normalized spacial score (nSPS) is 18.5. The van der Waals surface area contributed by atoms with E-state index < -0.39 is 0 Å². The molecule has 1 radical (unpaired) electrons. The Morgan fingerprint density at radius 3 is 3.00 bits per heavy atom. The molecule has 0 spiro atoms. The Bertz CT molecular complexity index is 77.6.